The van der Waals surface area contributed by atoms with Crippen molar-refractivity contribution in [2.24, 2.45) is 0 Å². The Morgan fingerprint density at radius 2 is 1.76 bits per heavy atom. The van der Waals surface area contributed by atoms with Crippen molar-refractivity contribution in [1.82, 2.24) is 4.90 Å². The monoisotopic (exact) mass is 617 g/mol. The summed E-state index contributed by atoms with van der Waals surface area (Å²) in [7, 11) is 0. The quantitative estimate of drug-likeness (QED) is 0.303. The number of carbonyl (C=O) groups excluding carboxylic acids is 4. The van der Waals surface area contributed by atoms with Crippen LogP contribution in [0, 0.1) is 5.82 Å². The number of amides is 4. The SMILES string of the molecule is O=C(COc1ccc(/C=C2/SC(=O)N(CC(=O)Nc3ccccc3Cl)C2=O)cc1Br)Nc1ccc(F)cc1. The predicted molar refractivity (Wildman–Crippen MR) is 147 cm³/mol. The van der Waals surface area contributed by atoms with Gasteiger partial charge in [-0.3, -0.25) is 24.1 Å². The minimum Gasteiger partial charge on any atom is -0.483 e. The molecule has 0 unspecified atom stereocenters. The third kappa shape index (κ3) is 7.00. The molecule has 0 aromatic heterocycles. The van der Waals surface area contributed by atoms with E-state index in [4.69, 9.17) is 16.3 Å². The molecule has 0 saturated carbocycles. The smallest absolute Gasteiger partial charge is 0.294 e. The van der Waals surface area contributed by atoms with Crippen molar-refractivity contribution in [1.29, 1.82) is 0 Å². The number of hydrogen-bond donors (Lipinski definition) is 2. The third-order valence-corrected chi connectivity index (χ3v) is 6.92. The van der Waals surface area contributed by atoms with Crippen molar-refractivity contribution >= 4 is 79.7 Å². The van der Waals surface area contributed by atoms with Gasteiger partial charge in [0.15, 0.2) is 6.61 Å². The van der Waals surface area contributed by atoms with E-state index in [1.807, 2.05) is 0 Å². The third-order valence-electron chi connectivity index (χ3n) is 5.06. The molecule has 3 aromatic rings. The Morgan fingerprint density at radius 1 is 1.03 bits per heavy atom. The molecule has 3 aromatic carbocycles. The van der Waals surface area contributed by atoms with E-state index in [1.165, 1.54) is 30.3 Å². The van der Waals surface area contributed by atoms with Gasteiger partial charge in [-0.25, -0.2) is 4.39 Å². The maximum Gasteiger partial charge on any atom is 0.294 e. The second-order valence-corrected chi connectivity index (χ2v) is 10.1. The molecule has 0 bridgehead atoms. The van der Waals surface area contributed by atoms with Crippen molar-refractivity contribution in [3.8, 4) is 5.75 Å². The van der Waals surface area contributed by atoms with Gasteiger partial charge in [0.05, 0.1) is 20.1 Å². The summed E-state index contributed by atoms with van der Waals surface area (Å²) in [6.07, 6.45) is 1.52. The first-order valence-electron chi connectivity index (χ1n) is 11.0. The zero-order chi connectivity index (χ0) is 27.2. The standard InChI is InChI=1S/C26H18BrClFN3O5S/c27-18-11-15(5-10-21(18)37-14-24(34)30-17-8-6-16(29)7-9-17)12-22-25(35)32(26(36)38-22)13-23(33)31-20-4-2-1-3-19(20)28/h1-12H,13-14H2,(H,30,34)(H,31,33)/b22-12+. The molecule has 12 heteroatoms. The van der Waals surface area contributed by atoms with Crippen LogP contribution in [0.4, 0.5) is 20.6 Å². The molecule has 2 N–H and O–H groups in total. The van der Waals surface area contributed by atoms with Crippen LogP contribution in [0.3, 0.4) is 0 Å². The van der Waals surface area contributed by atoms with Crippen LogP contribution >= 0.6 is 39.3 Å². The molecule has 1 aliphatic rings. The fourth-order valence-corrected chi connectivity index (χ4v) is 4.81. The van der Waals surface area contributed by atoms with Gasteiger partial charge in [0.2, 0.25) is 5.91 Å². The fourth-order valence-electron chi connectivity index (χ4n) is 3.28. The van der Waals surface area contributed by atoms with Crippen LogP contribution in [-0.4, -0.2) is 41.0 Å². The Kier molecular flexibility index (Phi) is 8.82. The van der Waals surface area contributed by atoms with Crippen LogP contribution in [0.5, 0.6) is 5.75 Å². The van der Waals surface area contributed by atoms with Crippen LogP contribution in [0.2, 0.25) is 5.02 Å². The first kappa shape index (κ1) is 27.4. The molecule has 4 amide bonds. The molecule has 0 radical (unpaired) electrons. The first-order valence-corrected chi connectivity index (χ1v) is 13.0. The molecule has 8 nitrogen and oxygen atoms in total. The molecule has 1 aliphatic heterocycles. The molecule has 0 aliphatic carbocycles. The normalized spacial score (nSPS) is 14.1. The Balaban J connectivity index is 1.35. The molecule has 0 spiro atoms. The maximum atomic E-state index is 13.0. The highest BCUT2D eigenvalue weighted by molar-refractivity contribution is 9.10. The molecule has 1 saturated heterocycles. The molecule has 1 fully saturated rings. The highest BCUT2D eigenvalue weighted by Gasteiger charge is 2.36. The van der Waals surface area contributed by atoms with E-state index in [1.54, 1.807) is 42.5 Å². The second-order valence-electron chi connectivity index (χ2n) is 7.83. The van der Waals surface area contributed by atoms with E-state index in [-0.39, 0.29) is 11.5 Å². The number of nitrogens with one attached hydrogen (secondary N) is 2. The molecule has 1 heterocycles. The average Bonchev–Trinajstić information content (AvgIpc) is 3.13. The number of hydrogen-bond acceptors (Lipinski definition) is 6. The fraction of sp³-hybridized carbons (Fsp3) is 0.0769. The summed E-state index contributed by atoms with van der Waals surface area (Å²) in [5.41, 5.74) is 1.40. The van der Waals surface area contributed by atoms with Gasteiger partial charge in [-0.15, -0.1) is 0 Å². The number of rotatable bonds is 8. The lowest BCUT2D eigenvalue weighted by Gasteiger charge is -2.13. The summed E-state index contributed by atoms with van der Waals surface area (Å²) < 4.78 is 19.0. The van der Waals surface area contributed by atoms with Crippen LogP contribution in [-0.2, 0) is 14.4 Å². The zero-order valence-electron chi connectivity index (χ0n) is 19.4. The van der Waals surface area contributed by atoms with Crippen molar-refractivity contribution < 1.29 is 28.3 Å². The van der Waals surface area contributed by atoms with Gasteiger partial charge in [-0.1, -0.05) is 29.8 Å². The Labute approximate surface area is 234 Å². The number of para-hydroxylation sites is 1. The number of thioether (sulfide) groups is 1. The average molecular weight is 619 g/mol. The number of carbonyl (C=O) groups is 4. The lowest BCUT2D eigenvalue weighted by molar-refractivity contribution is -0.127. The molecule has 194 valence electrons. The number of halogens is 3. The summed E-state index contributed by atoms with van der Waals surface area (Å²) in [4.78, 5) is 50.7. The van der Waals surface area contributed by atoms with Gasteiger partial charge in [0, 0.05) is 5.69 Å². The number of anilines is 2. The highest BCUT2D eigenvalue weighted by atomic mass is 79.9. The van der Waals surface area contributed by atoms with Crippen molar-refractivity contribution in [2.75, 3.05) is 23.8 Å². The second kappa shape index (κ2) is 12.2. The summed E-state index contributed by atoms with van der Waals surface area (Å²) >= 11 is 10.1. The van der Waals surface area contributed by atoms with E-state index < -0.39 is 35.3 Å². The lowest BCUT2D eigenvalue weighted by atomic mass is 10.2. The number of imide groups is 1. The van der Waals surface area contributed by atoms with Crippen LogP contribution in [0.25, 0.3) is 6.08 Å². The van der Waals surface area contributed by atoms with Gasteiger partial charge in [-0.2, -0.15) is 0 Å². The van der Waals surface area contributed by atoms with E-state index >= 15 is 0 Å². The van der Waals surface area contributed by atoms with Crippen molar-refractivity contribution in [3.63, 3.8) is 0 Å². The van der Waals surface area contributed by atoms with Gasteiger partial charge >= 0.3 is 0 Å². The Bertz CT molecular complexity index is 1450. The molecular formula is C26H18BrClFN3O5S. The minimum absolute atomic E-state index is 0.153. The molecule has 38 heavy (non-hydrogen) atoms. The largest absolute Gasteiger partial charge is 0.483 e. The molecule has 0 atom stereocenters. The van der Waals surface area contributed by atoms with E-state index in [0.29, 0.717) is 32.2 Å². The van der Waals surface area contributed by atoms with Gasteiger partial charge in [0.25, 0.3) is 17.1 Å². The summed E-state index contributed by atoms with van der Waals surface area (Å²) in [5.74, 6) is -1.62. The van der Waals surface area contributed by atoms with Crippen molar-refractivity contribution in [2.45, 2.75) is 0 Å². The minimum atomic E-state index is -0.594. The van der Waals surface area contributed by atoms with Crippen LogP contribution in [0.15, 0.2) is 76.1 Å². The van der Waals surface area contributed by atoms with Crippen molar-refractivity contribution in [3.05, 3.63) is 92.5 Å². The number of benzene rings is 3. The predicted octanol–water partition coefficient (Wildman–Crippen LogP) is 5.93. The summed E-state index contributed by atoms with van der Waals surface area (Å²) in [6.45, 7) is -0.742. The van der Waals surface area contributed by atoms with Gasteiger partial charge < -0.3 is 15.4 Å². The Hall–Kier alpha value is -3.67. The highest BCUT2D eigenvalue weighted by Crippen LogP contribution is 2.34. The first-order chi connectivity index (χ1) is 18.2. The number of ether oxygens (including phenoxy) is 1. The van der Waals surface area contributed by atoms with E-state index in [9.17, 15) is 23.6 Å². The van der Waals surface area contributed by atoms with Crippen LogP contribution in [0.1, 0.15) is 5.56 Å². The van der Waals surface area contributed by atoms with E-state index in [0.717, 1.165) is 16.7 Å². The maximum absolute atomic E-state index is 13.0. The molecular weight excluding hydrogens is 601 g/mol. The molecule has 4 rings (SSSR count). The zero-order valence-corrected chi connectivity index (χ0v) is 22.5. The van der Waals surface area contributed by atoms with Crippen LogP contribution < -0.4 is 15.4 Å². The topological polar surface area (TPSA) is 105 Å². The van der Waals surface area contributed by atoms with Gasteiger partial charge in [0.1, 0.15) is 18.1 Å². The van der Waals surface area contributed by atoms with Gasteiger partial charge in [-0.05, 0) is 87.9 Å². The summed E-state index contributed by atoms with van der Waals surface area (Å²) in [6, 6.07) is 16.9. The lowest BCUT2D eigenvalue weighted by Crippen LogP contribution is -2.36. The number of nitrogens with zero attached hydrogens (tertiary/aromatic N) is 1. The summed E-state index contributed by atoms with van der Waals surface area (Å²) in [5, 5.41) is 4.94. The van der Waals surface area contributed by atoms with E-state index in [2.05, 4.69) is 26.6 Å². The Morgan fingerprint density at radius 3 is 2.47 bits per heavy atom.